The Hall–Kier alpha value is -1.12. The number of hydrogen-bond donors (Lipinski definition) is 3. The van der Waals surface area contributed by atoms with Gasteiger partial charge in [-0.05, 0) is 25.7 Å². The molecule has 1 saturated carbocycles. The minimum absolute atomic E-state index is 0.0125. The molecule has 7 nitrogen and oxygen atoms in total. The topological polar surface area (TPSA) is 110 Å². The average molecular weight is 288 g/mol. The van der Waals surface area contributed by atoms with Crippen molar-refractivity contribution in [3.05, 3.63) is 6.20 Å². The molecule has 19 heavy (non-hydrogen) atoms. The van der Waals surface area contributed by atoms with Gasteiger partial charge in [0.05, 0.1) is 5.60 Å². The molecule has 8 heteroatoms. The fraction of sp³-hybridized carbons (Fsp3) is 0.727. The predicted molar refractivity (Wildman–Crippen MR) is 70.9 cm³/mol. The summed E-state index contributed by atoms with van der Waals surface area (Å²) >= 11 is 0. The molecule has 0 saturated heterocycles. The third-order valence-electron chi connectivity index (χ3n) is 3.37. The van der Waals surface area contributed by atoms with Crippen molar-refractivity contribution < 1.29 is 13.5 Å². The lowest BCUT2D eigenvalue weighted by molar-refractivity contribution is -0.0270. The van der Waals surface area contributed by atoms with Crippen LogP contribution in [-0.2, 0) is 16.6 Å². The molecule has 1 aliphatic carbocycles. The van der Waals surface area contributed by atoms with Crippen LogP contribution in [0.1, 0.15) is 32.6 Å². The smallest absolute Gasteiger partial charge is 0.245 e. The molecule has 1 heterocycles. The van der Waals surface area contributed by atoms with Crippen molar-refractivity contribution in [3.8, 4) is 0 Å². The van der Waals surface area contributed by atoms with Crippen LogP contribution in [0.3, 0.4) is 0 Å². The van der Waals surface area contributed by atoms with Crippen molar-refractivity contribution in [2.75, 3.05) is 12.3 Å². The van der Waals surface area contributed by atoms with Crippen LogP contribution in [0.15, 0.2) is 11.1 Å². The first kappa shape index (κ1) is 14.3. The number of aliphatic hydroxyl groups is 1. The fourth-order valence-electron chi connectivity index (χ4n) is 2.04. The molecule has 0 aromatic carbocycles. The minimum Gasteiger partial charge on any atom is -0.389 e. The van der Waals surface area contributed by atoms with Gasteiger partial charge in [-0.2, -0.15) is 5.10 Å². The summed E-state index contributed by atoms with van der Waals surface area (Å²) in [4.78, 5) is -0.0242. The van der Waals surface area contributed by atoms with E-state index in [0.29, 0.717) is 19.4 Å². The van der Waals surface area contributed by atoms with Crippen LogP contribution in [0.5, 0.6) is 0 Å². The van der Waals surface area contributed by atoms with E-state index in [9.17, 15) is 13.5 Å². The Morgan fingerprint density at radius 1 is 1.58 bits per heavy atom. The molecule has 0 amide bonds. The summed E-state index contributed by atoms with van der Waals surface area (Å²) in [5.74, 6) is -0.0125. The Morgan fingerprint density at radius 3 is 2.79 bits per heavy atom. The van der Waals surface area contributed by atoms with E-state index in [1.54, 1.807) is 0 Å². The summed E-state index contributed by atoms with van der Waals surface area (Å²) in [5, 5.41) is 13.9. The second-order valence-electron chi connectivity index (χ2n) is 5.04. The average Bonchev–Trinajstić information content (AvgIpc) is 2.67. The number of nitrogens with two attached hydrogens (primary N) is 1. The summed E-state index contributed by atoms with van der Waals surface area (Å²) in [6, 6.07) is 0. The number of rotatable bonds is 6. The highest BCUT2D eigenvalue weighted by Gasteiger charge is 2.36. The third-order valence-corrected chi connectivity index (χ3v) is 4.79. The van der Waals surface area contributed by atoms with Crippen molar-refractivity contribution >= 4 is 15.8 Å². The zero-order valence-corrected chi connectivity index (χ0v) is 11.8. The van der Waals surface area contributed by atoms with Crippen molar-refractivity contribution in [1.29, 1.82) is 0 Å². The van der Waals surface area contributed by atoms with Gasteiger partial charge in [-0.3, -0.25) is 4.68 Å². The van der Waals surface area contributed by atoms with E-state index in [2.05, 4.69) is 9.82 Å². The van der Waals surface area contributed by atoms with Gasteiger partial charge in [0.25, 0.3) is 0 Å². The molecule has 0 atom stereocenters. The quantitative estimate of drug-likeness (QED) is 0.686. The van der Waals surface area contributed by atoms with Gasteiger partial charge in [0, 0.05) is 19.3 Å². The number of aromatic nitrogens is 2. The number of nitrogen functional groups attached to an aromatic ring is 1. The molecule has 4 N–H and O–H groups in total. The molecule has 1 aromatic heterocycles. The Balaban J connectivity index is 2.10. The fourth-order valence-corrected chi connectivity index (χ4v) is 3.23. The van der Waals surface area contributed by atoms with Crippen LogP contribution in [0.25, 0.3) is 0 Å². The summed E-state index contributed by atoms with van der Waals surface area (Å²) < 4.78 is 28.1. The highest BCUT2D eigenvalue weighted by Crippen LogP contribution is 2.31. The van der Waals surface area contributed by atoms with Crippen molar-refractivity contribution in [2.24, 2.45) is 0 Å². The normalized spacial score (nSPS) is 18.2. The van der Waals surface area contributed by atoms with Gasteiger partial charge in [-0.25, -0.2) is 13.1 Å². The first-order chi connectivity index (χ1) is 8.86. The van der Waals surface area contributed by atoms with Gasteiger partial charge in [0.2, 0.25) is 10.0 Å². The maximum Gasteiger partial charge on any atom is 0.245 e. The summed E-state index contributed by atoms with van der Waals surface area (Å²) in [5.41, 5.74) is 4.73. The molecule has 1 fully saturated rings. The molecule has 1 aromatic rings. The van der Waals surface area contributed by atoms with Crippen LogP contribution in [0.4, 0.5) is 5.82 Å². The lowest BCUT2D eigenvalue weighted by Gasteiger charge is -2.36. The number of hydrogen-bond acceptors (Lipinski definition) is 5. The molecule has 0 radical (unpaired) electrons. The molecule has 2 rings (SSSR count). The van der Waals surface area contributed by atoms with Gasteiger partial charge in [0.15, 0.2) is 5.82 Å². The molecule has 0 bridgehead atoms. The van der Waals surface area contributed by atoms with E-state index < -0.39 is 15.6 Å². The SMILES string of the molecule is CCCn1cc(S(=O)(=O)NCC2(O)CCC2)c(N)n1. The second kappa shape index (κ2) is 5.10. The van der Waals surface area contributed by atoms with Gasteiger partial charge in [-0.1, -0.05) is 6.92 Å². The third kappa shape index (κ3) is 3.07. The van der Waals surface area contributed by atoms with Crippen LogP contribution >= 0.6 is 0 Å². The van der Waals surface area contributed by atoms with Crippen LogP contribution in [0.2, 0.25) is 0 Å². The van der Waals surface area contributed by atoms with E-state index in [1.165, 1.54) is 10.9 Å². The second-order valence-corrected chi connectivity index (χ2v) is 6.78. The first-order valence-corrected chi connectivity index (χ1v) is 7.90. The molecule has 0 aliphatic heterocycles. The lowest BCUT2D eigenvalue weighted by atomic mass is 9.81. The number of sulfonamides is 1. The Kier molecular flexibility index (Phi) is 3.84. The van der Waals surface area contributed by atoms with Crippen molar-refractivity contribution in [3.63, 3.8) is 0 Å². The standard InChI is InChI=1S/C11H20N4O3S/c1-2-6-15-7-9(10(12)14-15)19(17,18)13-8-11(16)4-3-5-11/h7,13,16H,2-6,8H2,1H3,(H2,12,14). The van der Waals surface area contributed by atoms with Crippen LogP contribution < -0.4 is 10.5 Å². The number of nitrogens with zero attached hydrogens (tertiary/aromatic N) is 2. The van der Waals surface area contributed by atoms with Crippen molar-refractivity contribution in [1.82, 2.24) is 14.5 Å². The maximum atomic E-state index is 12.1. The monoisotopic (exact) mass is 288 g/mol. The van der Waals surface area contributed by atoms with Crippen molar-refractivity contribution in [2.45, 2.75) is 49.6 Å². The van der Waals surface area contributed by atoms with E-state index >= 15 is 0 Å². The van der Waals surface area contributed by atoms with Gasteiger partial charge < -0.3 is 10.8 Å². The largest absolute Gasteiger partial charge is 0.389 e. The highest BCUT2D eigenvalue weighted by molar-refractivity contribution is 7.89. The maximum absolute atomic E-state index is 12.1. The minimum atomic E-state index is -3.72. The molecule has 0 spiro atoms. The molecular formula is C11H20N4O3S. The van der Waals surface area contributed by atoms with Gasteiger partial charge in [-0.15, -0.1) is 0 Å². The lowest BCUT2D eigenvalue weighted by Crippen LogP contribution is -2.47. The molecular weight excluding hydrogens is 268 g/mol. The predicted octanol–water partition coefficient (Wildman–Crippen LogP) is 0.0686. The summed E-state index contributed by atoms with van der Waals surface area (Å²) in [6.45, 7) is 2.60. The number of anilines is 1. The van der Waals surface area contributed by atoms with E-state index in [0.717, 1.165) is 12.8 Å². The first-order valence-electron chi connectivity index (χ1n) is 6.41. The van der Waals surface area contributed by atoms with E-state index in [-0.39, 0.29) is 17.3 Å². The Bertz CT molecular complexity index is 548. The van der Waals surface area contributed by atoms with Gasteiger partial charge >= 0.3 is 0 Å². The van der Waals surface area contributed by atoms with E-state index in [4.69, 9.17) is 5.73 Å². The van der Waals surface area contributed by atoms with Gasteiger partial charge in [0.1, 0.15) is 4.90 Å². The van der Waals surface area contributed by atoms with E-state index in [1.807, 2.05) is 6.92 Å². The summed E-state index contributed by atoms with van der Waals surface area (Å²) in [6.07, 6.45) is 4.44. The zero-order chi connectivity index (χ0) is 14.1. The summed E-state index contributed by atoms with van der Waals surface area (Å²) in [7, 11) is -3.72. The molecule has 0 unspecified atom stereocenters. The number of nitrogens with one attached hydrogen (secondary N) is 1. The zero-order valence-electron chi connectivity index (χ0n) is 11.0. The van der Waals surface area contributed by atoms with Crippen LogP contribution in [0, 0.1) is 0 Å². The molecule has 108 valence electrons. The Morgan fingerprint density at radius 2 is 2.26 bits per heavy atom. The Labute approximate surface area is 112 Å². The highest BCUT2D eigenvalue weighted by atomic mass is 32.2. The molecule has 1 aliphatic rings. The number of aryl methyl sites for hydroxylation is 1. The van der Waals surface area contributed by atoms with Crippen LogP contribution in [-0.4, -0.2) is 35.5 Å².